The Morgan fingerprint density at radius 3 is 1.34 bits per heavy atom. The van der Waals surface area contributed by atoms with Crippen molar-refractivity contribution in [2.75, 3.05) is 13.2 Å². The number of carbonyl (C=O) groups excluding carboxylic acids is 2. The Morgan fingerprint density at radius 2 is 0.880 bits per heavy atom. The van der Waals surface area contributed by atoms with Gasteiger partial charge in [0, 0.05) is 6.42 Å². The summed E-state index contributed by atoms with van der Waals surface area (Å²) >= 11 is 0. The molecule has 8 unspecified atom stereocenters. The number of rotatable bonds is 59. The van der Waals surface area contributed by atoms with E-state index < -0.39 is 67.4 Å². The minimum absolute atomic E-state index is 0.121. The molecule has 0 radical (unpaired) electrons. The van der Waals surface area contributed by atoms with Gasteiger partial charge in [-0.25, -0.2) is 0 Å². The molecule has 6 N–H and O–H groups in total. The predicted molar refractivity (Wildman–Crippen MR) is 347 cm³/mol. The molecule has 0 aromatic heterocycles. The molecule has 11 heteroatoms. The molecule has 1 fully saturated rings. The zero-order valence-corrected chi connectivity index (χ0v) is 53.6. The van der Waals surface area contributed by atoms with Gasteiger partial charge < -0.3 is 45.1 Å². The monoisotopic (exact) mass is 1170 g/mol. The van der Waals surface area contributed by atoms with E-state index in [1.54, 1.807) is 6.08 Å². The van der Waals surface area contributed by atoms with Gasteiger partial charge in [0.05, 0.1) is 25.4 Å². The van der Waals surface area contributed by atoms with Crippen molar-refractivity contribution in [2.45, 2.75) is 359 Å². The molecule has 1 aliphatic rings. The quantitative estimate of drug-likeness (QED) is 0.0149. The molecule has 0 saturated carbocycles. The summed E-state index contributed by atoms with van der Waals surface area (Å²) < 4.78 is 17.7. The second kappa shape index (κ2) is 59.4. The molecule has 83 heavy (non-hydrogen) atoms. The Kier molecular flexibility index (Phi) is 55.9. The first kappa shape index (κ1) is 78.1. The van der Waals surface area contributed by atoms with Gasteiger partial charge in [0.2, 0.25) is 5.91 Å². The molecule has 1 aliphatic heterocycles. The van der Waals surface area contributed by atoms with Crippen LogP contribution < -0.4 is 5.32 Å². The lowest BCUT2D eigenvalue weighted by Crippen LogP contribution is -2.61. The van der Waals surface area contributed by atoms with Crippen LogP contribution in [0.25, 0.3) is 0 Å². The van der Waals surface area contributed by atoms with E-state index >= 15 is 0 Å². The minimum Gasteiger partial charge on any atom is -0.454 e. The fraction of sp³-hybridized carbons (Fsp3) is 0.806. The Bertz CT molecular complexity index is 1630. The number of unbranched alkanes of at least 4 members (excludes halogenated alkanes) is 38. The van der Waals surface area contributed by atoms with Crippen molar-refractivity contribution < 1.29 is 49.3 Å². The molecule has 0 spiro atoms. The highest BCUT2D eigenvalue weighted by atomic mass is 16.7. The van der Waals surface area contributed by atoms with Crippen LogP contribution in [0.3, 0.4) is 0 Å². The molecule has 1 heterocycles. The van der Waals surface area contributed by atoms with Crippen LogP contribution in [0.1, 0.15) is 310 Å². The smallest absolute Gasteiger partial charge is 0.306 e. The second-order valence-electron chi connectivity index (χ2n) is 24.0. The molecule has 0 aromatic rings. The number of aliphatic hydroxyl groups excluding tert-OH is 5. The normalized spacial score (nSPS) is 19.0. The van der Waals surface area contributed by atoms with Crippen molar-refractivity contribution in [2.24, 2.45) is 0 Å². The molecule has 1 amide bonds. The first-order valence-electron chi connectivity index (χ1n) is 34.8. The van der Waals surface area contributed by atoms with Crippen molar-refractivity contribution in [3.05, 3.63) is 72.9 Å². The van der Waals surface area contributed by atoms with Gasteiger partial charge in [-0.1, -0.05) is 306 Å². The van der Waals surface area contributed by atoms with E-state index in [2.05, 4.69) is 50.4 Å². The van der Waals surface area contributed by atoms with Crippen molar-refractivity contribution in [3.8, 4) is 0 Å². The third kappa shape index (κ3) is 46.9. The van der Waals surface area contributed by atoms with Gasteiger partial charge in [-0.3, -0.25) is 9.59 Å². The van der Waals surface area contributed by atoms with Crippen LogP contribution in [0, 0.1) is 0 Å². The maximum Gasteiger partial charge on any atom is 0.306 e. The summed E-state index contributed by atoms with van der Waals surface area (Å²) in [4.78, 5) is 26.6. The zero-order chi connectivity index (χ0) is 60.3. The summed E-state index contributed by atoms with van der Waals surface area (Å²) in [5, 5.41) is 57.1. The lowest BCUT2D eigenvalue weighted by molar-refractivity contribution is -0.305. The highest BCUT2D eigenvalue weighted by Gasteiger charge is 2.47. The number of hydrogen-bond donors (Lipinski definition) is 6. The largest absolute Gasteiger partial charge is 0.454 e. The molecule has 1 rings (SSSR count). The van der Waals surface area contributed by atoms with E-state index in [4.69, 9.17) is 14.2 Å². The SMILES string of the molecule is CC/C=C/C=C/C=C/C=C\CCCCCCC(O)C(=O)NC(COC1OC(CO)C(O)C(O)C1OC(=O)CCCCCCCCCCCCCCCCCCC/C=C/CCCCCCCC)C(O)/C=C/CCCCCCCCCCCCC. The first-order chi connectivity index (χ1) is 40.7. The predicted octanol–water partition coefficient (Wildman–Crippen LogP) is 17.5. The topological polar surface area (TPSA) is 175 Å². The Balaban J connectivity index is 2.55. The number of amides is 1. The van der Waals surface area contributed by atoms with Crippen LogP contribution in [0.2, 0.25) is 0 Å². The Hall–Kier alpha value is -2.90. The third-order valence-electron chi connectivity index (χ3n) is 16.2. The lowest BCUT2D eigenvalue weighted by Gasteiger charge is -2.41. The maximum absolute atomic E-state index is 13.4. The number of aliphatic hydroxyl groups is 5. The average Bonchev–Trinajstić information content (AvgIpc) is 3.51. The molecule has 0 aliphatic carbocycles. The number of hydrogen-bond acceptors (Lipinski definition) is 10. The summed E-state index contributed by atoms with van der Waals surface area (Å²) in [6.45, 7) is 5.66. The van der Waals surface area contributed by atoms with E-state index in [0.717, 1.165) is 70.6 Å². The number of ether oxygens (including phenoxy) is 3. The summed E-state index contributed by atoms with van der Waals surface area (Å²) in [6, 6.07) is -1.04. The summed E-state index contributed by atoms with van der Waals surface area (Å²) in [5.74, 6) is -1.21. The molecule has 482 valence electrons. The van der Waals surface area contributed by atoms with E-state index in [1.165, 1.54) is 193 Å². The number of carbonyl (C=O) groups is 2. The van der Waals surface area contributed by atoms with Crippen LogP contribution >= 0.6 is 0 Å². The molecule has 1 saturated heterocycles. The fourth-order valence-corrected chi connectivity index (χ4v) is 10.7. The third-order valence-corrected chi connectivity index (χ3v) is 16.2. The van der Waals surface area contributed by atoms with Crippen LogP contribution in [-0.2, 0) is 23.8 Å². The highest BCUT2D eigenvalue weighted by Crippen LogP contribution is 2.26. The molecule has 11 nitrogen and oxygen atoms in total. The van der Waals surface area contributed by atoms with Crippen LogP contribution in [0.5, 0.6) is 0 Å². The molecule has 8 atom stereocenters. The zero-order valence-electron chi connectivity index (χ0n) is 53.6. The van der Waals surface area contributed by atoms with Crippen molar-refractivity contribution in [1.82, 2.24) is 5.32 Å². The van der Waals surface area contributed by atoms with Crippen molar-refractivity contribution in [3.63, 3.8) is 0 Å². The minimum atomic E-state index is -1.62. The number of esters is 1. The second-order valence-corrected chi connectivity index (χ2v) is 24.0. The standard InChI is InChI=1S/C72H129NO10/c1-4-7-10-13-16-19-22-25-27-28-29-30-31-32-33-34-35-36-37-38-39-42-45-48-51-54-57-60-67(77)83-70-69(79)68(78)66(61-74)82-72(70)81-62-63(64(75)58-55-52-49-46-43-40-24-21-18-15-12-9-6-3)73-71(80)65(76)59-56-53-50-47-44-41-26-23-20-17-14-11-8-5-2/h8,11,14,17,20,23,25-27,41,55,58,63-66,68-70,72,74-76,78-79H,4-7,9-10,12-13,15-16,18-19,21-22,24,28-40,42-54,56-57,59-62H2,1-3H3,(H,73,80)/b11-8+,17-14+,23-20+,27-25+,41-26-,58-55+. The summed E-state index contributed by atoms with van der Waals surface area (Å²) in [7, 11) is 0. The van der Waals surface area contributed by atoms with E-state index in [-0.39, 0.29) is 19.4 Å². The number of nitrogens with one attached hydrogen (secondary N) is 1. The van der Waals surface area contributed by atoms with Crippen LogP contribution in [0.4, 0.5) is 0 Å². The molecule has 0 aromatic carbocycles. The summed E-state index contributed by atoms with van der Waals surface area (Å²) in [6.07, 6.45) is 66.7. The van der Waals surface area contributed by atoms with Crippen molar-refractivity contribution in [1.29, 1.82) is 0 Å². The van der Waals surface area contributed by atoms with Gasteiger partial charge in [-0.05, 0) is 70.6 Å². The Morgan fingerprint density at radius 1 is 0.482 bits per heavy atom. The molecule has 0 bridgehead atoms. The molecular weight excluding hydrogens is 1040 g/mol. The van der Waals surface area contributed by atoms with Crippen LogP contribution in [0.15, 0.2) is 72.9 Å². The van der Waals surface area contributed by atoms with Gasteiger partial charge in [-0.15, -0.1) is 0 Å². The van der Waals surface area contributed by atoms with Gasteiger partial charge in [0.25, 0.3) is 0 Å². The van der Waals surface area contributed by atoms with E-state index in [9.17, 15) is 35.1 Å². The number of allylic oxidation sites excluding steroid dienone is 11. The van der Waals surface area contributed by atoms with Gasteiger partial charge in [-0.2, -0.15) is 0 Å². The fourth-order valence-electron chi connectivity index (χ4n) is 10.7. The highest BCUT2D eigenvalue weighted by molar-refractivity contribution is 5.80. The summed E-state index contributed by atoms with van der Waals surface area (Å²) in [5.41, 5.74) is 0. The molecular formula is C72H129NO10. The maximum atomic E-state index is 13.4. The van der Waals surface area contributed by atoms with Gasteiger partial charge in [0.1, 0.15) is 24.4 Å². The lowest BCUT2D eigenvalue weighted by atomic mass is 9.99. The van der Waals surface area contributed by atoms with Crippen molar-refractivity contribution >= 4 is 11.9 Å². The first-order valence-corrected chi connectivity index (χ1v) is 34.8. The average molecular weight is 1170 g/mol. The van der Waals surface area contributed by atoms with E-state index in [0.29, 0.717) is 12.8 Å². The Labute approximate surface area is 509 Å². The van der Waals surface area contributed by atoms with Gasteiger partial charge >= 0.3 is 5.97 Å². The van der Waals surface area contributed by atoms with Gasteiger partial charge in [0.15, 0.2) is 12.4 Å². The van der Waals surface area contributed by atoms with E-state index in [1.807, 2.05) is 42.5 Å². The van der Waals surface area contributed by atoms with Crippen LogP contribution in [-0.4, -0.2) is 99.6 Å².